The predicted octanol–water partition coefficient (Wildman–Crippen LogP) is -1.04. The second-order valence-corrected chi connectivity index (χ2v) is 7.78. The Labute approximate surface area is 178 Å². The van der Waals surface area contributed by atoms with Gasteiger partial charge >= 0.3 is 61.7 Å². The van der Waals surface area contributed by atoms with E-state index in [9.17, 15) is 8.42 Å². The van der Waals surface area contributed by atoms with Crippen molar-refractivity contribution in [3.63, 3.8) is 0 Å². The van der Waals surface area contributed by atoms with E-state index < -0.39 is 46.5 Å². The summed E-state index contributed by atoms with van der Waals surface area (Å²) in [6.07, 6.45) is -1.50. The van der Waals surface area contributed by atoms with Crippen LogP contribution in [0.5, 0.6) is 0 Å². The molecule has 3 heterocycles. The van der Waals surface area contributed by atoms with Gasteiger partial charge in [0.1, 0.15) is 24.9 Å². The van der Waals surface area contributed by atoms with Crippen LogP contribution in [0.25, 0.3) is 0 Å². The number of nitrogens with two attached hydrogens (primary N) is 1. The molecule has 3 fully saturated rings. The van der Waals surface area contributed by atoms with E-state index in [0.29, 0.717) is 0 Å². The summed E-state index contributed by atoms with van der Waals surface area (Å²) in [7, 11) is -4.14. The molecule has 0 aromatic carbocycles. The van der Waals surface area contributed by atoms with Crippen molar-refractivity contribution in [3.05, 3.63) is 0 Å². The Kier molecular flexibility index (Phi) is 5.81. The van der Waals surface area contributed by atoms with Crippen LogP contribution < -0.4 is 5.14 Å². The van der Waals surface area contributed by atoms with Crippen LogP contribution in [-0.4, -0.2) is 109 Å². The molecule has 11 heteroatoms. The fourth-order valence-electron chi connectivity index (χ4n) is 3.11. The van der Waals surface area contributed by atoms with E-state index in [4.69, 9.17) is 33.0 Å². The second-order valence-electron chi connectivity index (χ2n) is 6.56. The van der Waals surface area contributed by atoms with Crippen molar-refractivity contribution in [1.29, 1.82) is 0 Å². The summed E-state index contributed by atoms with van der Waals surface area (Å²) in [6.45, 7) is 6.71. The van der Waals surface area contributed by atoms with E-state index >= 15 is 0 Å². The van der Waals surface area contributed by atoms with Crippen LogP contribution >= 0.6 is 0 Å². The molecule has 3 aliphatic heterocycles. The number of ether oxygens (including phenoxy) is 5. The Morgan fingerprint density at radius 1 is 1.13 bits per heavy atom. The van der Waals surface area contributed by atoms with Gasteiger partial charge in [-0.05, 0) is 27.7 Å². The molecule has 3 aliphatic rings. The molecule has 3 rings (SSSR count). The molecule has 0 bridgehead atoms. The van der Waals surface area contributed by atoms with E-state index in [0.717, 1.165) is 0 Å². The summed E-state index contributed by atoms with van der Waals surface area (Å²) < 4.78 is 55.9. The van der Waals surface area contributed by atoms with Gasteiger partial charge in [0.15, 0.2) is 11.6 Å². The van der Waals surface area contributed by atoms with E-state index in [1.54, 1.807) is 27.7 Å². The van der Waals surface area contributed by atoms with Crippen LogP contribution in [-0.2, 0) is 38.2 Å². The van der Waals surface area contributed by atoms with Gasteiger partial charge in [-0.25, -0.2) is 5.14 Å². The SMILES string of the molecule is CC1(C)O[C@@H]2[C@@H](CO[C@@]3(COS(N)(=O)=O)OC(C)(C)O[C@@H]23)O1.[KH]. The van der Waals surface area contributed by atoms with Crippen molar-refractivity contribution in [2.45, 2.75) is 63.4 Å². The van der Waals surface area contributed by atoms with E-state index in [1.807, 2.05) is 0 Å². The van der Waals surface area contributed by atoms with Gasteiger partial charge in [0.25, 0.3) is 0 Å². The van der Waals surface area contributed by atoms with Gasteiger partial charge in [-0.1, -0.05) is 0 Å². The van der Waals surface area contributed by atoms with Gasteiger partial charge < -0.3 is 23.7 Å². The van der Waals surface area contributed by atoms with Crippen molar-refractivity contribution in [3.8, 4) is 0 Å². The average Bonchev–Trinajstić information content (AvgIpc) is 2.78. The molecule has 3 saturated heterocycles. The molecule has 130 valence electrons. The second kappa shape index (κ2) is 6.48. The quantitative estimate of drug-likeness (QED) is 0.618. The monoisotopic (exact) mass is 379 g/mol. The Balaban J connectivity index is 0.00000192. The maximum absolute atomic E-state index is 11.1. The van der Waals surface area contributed by atoms with Gasteiger partial charge in [0.05, 0.1) is 6.61 Å². The Hall–Kier alpha value is 1.31. The van der Waals surface area contributed by atoms with E-state index in [2.05, 4.69) is 0 Å². The fraction of sp³-hybridized carbons (Fsp3) is 1.00. The standard InChI is InChI=1S/C12H21NO8S.K.H/c1-10(2)18-7-5-16-12(6-17-22(13,14)15)9(8(7)19-10)20-11(3,4)21-12;;/h7-9H,5-6H2,1-4H3,(H2,13,14,15);;/t7-,8-,9+,12+;;/m1../s1. The summed E-state index contributed by atoms with van der Waals surface area (Å²) in [4.78, 5) is 0. The zero-order chi connectivity index (χ0) is 16.4. The Morgan fingerprint density at radius 2 is 1.78 bits per heavy atom. The van der Waals surface area contributed by atoms with Crippen molar-refractivity contribution >= 4 is 61.7 Å². The van der Waals surface area contributed by atoms with Gasteiger partial charge in [-0.3, -0.25) is 4.18 Å². The average molecular weight is 379 g/mol. The first-order valence-corrected chi connectivity index (χ1v) is 8.43. The minimum atomic E-state index is -4.14. The topological polar surface area (TPSA) is 116 Å². The zero-order valence-corrected chi connectivity index (χ0v) is 13.7. The number of hydrogen-bond donors (Lipinski definition) is 1. The first-order chi connectivity index (χ1) is 9.92. The fourth-order valence-corrected chi connectivity index (χ4v) is 3.44. The molecule has 0 aromatic heterocycles. The van der Waals surface area contributed by atoms with Gasteiger partial charge in [-0.15, -0.1) is 0 Å². The normalized spacial score (nSPS) is 41.0. The van der Waals surface area contributed by atoms with Gasteiger partial charge in [0, 0.05) is 0 Å². The van der Waals surface area contributed by atoms with Crippen LogP contribution in [0.3, 0.4) is 0 Å². The zero-order valence-electron chi connectivity index (χ0n) is 12.9. The van der Waals surface area contributed by atoms with Crippen LogP contribution in [0.4, 0.5) is 0 Å². The molecule has 23 heavy (non-hydrogen) atoms. The van der Waals surface area contributed by atoms with Crippen molar-refractivity contribution in [2.24, 2.45) is 5.14 Å². The third-order valence-electron chi connectivity index (χ3n) is 3.70. The van der Waals surface area contributed by atoms with Crippen molar-refractivity contribution in [1.82, 2.24) is 0 Å². The number of hydrogen-bond acceptors (Lipinski definition) is 8. The summed E-state index contributed by atoms with van der Waals surface area (Å²) in [5.41, 5.74) is 0. The van der Waals surface area contributed by atoms with Crippen molar-refractivity contribution < 1.29 is 36.3 Å². The third-order valence-corrected chi connectivity index (χ3v) is 4.15. The molecule has 0 radical (unpaired) electrons. The van der Waals surface area contributed by atoms with Crippen LogP contribution in [0, 0.1) is 0 Å². The Bertz CT molecular complexity index is 567. The predicted molar refractivity (Wildman–Crippen MR) is 78.8 cm³/mol. The van der Waals surface area contributed by atoms with Crippen LogP contribution in [0.1, 0.15) is 27.7 Å². The van der Waals surface area contributed by atoms with Crippen LogP contribution in [0.15, 0.2) is 0 Å². The van der Waals surface area contributed by atoms with Gasteiger partial charge in [-0.2, -0.15) is 8.42 Å². The van der Waals surface area contributed by atoms with E-state index in [-0.39, 0.29) is 64.1 Å². The molecule has 0 aromatic rings. The number of rotatable bonds is 3. The first kappa shape index (κ1) is 20.6. The van der Waals surface area contributed by atoms with Crippen molar-refractivity contribution in [2.75, 3.05) is 13.2 Å². The molecule has 9 nitrogen and oxygen atoms in total. The first-order valence-electron chi connectivity index (χ1n) is 6.96. The molecule has 2 N–H and O–H groups in total. The van der Waals surface area contributed by atoms with E-state index in [1.165, 1.54) is 0 Å². The summed E-state index contributed by atoms with van der Waals surface area (Å²) >= 11 is 0. The molecule has 0 aliphatic carbocycles. The van der Waals surface area contributed by atoms with Crippen LogP contribution in [0.2, 0.25) is 0 Å². The molecule has 0 unspecified atom stereocenters. The number of fused-ring (bicyclic) bond motifs is 3. The summed E-state index contributed by atoms with van der Waals surface area (Å²) in [5, 5.41) is 4.89. The third kappa shape index (κ3) is 4.35. The minimum absolute atomic E-state index is 0. The molecule has 0 saturated carbocycles. The van der Waals surface area contributed by atoms with Gasteiger partial charge in [0.2, 0.25) is 5.79 Å². The maximum atomic E-state index is 11.1. The molecular weight excluding hydrogens is 357 g/mol. The summed E-state index contributed by atoms with van der Waals surface area (Å²) in [5.74, 6) is -3.19. The molecule has 0 spiro atoms. The Morgan fingerprint density at radius 3 is 2.39 bits per heavy atom. The molecule has 4 atom stereocenters. The summed E-state index contributed by atoms with van der Waals surface area (Å²) in [6, 6.07) is 0. The molecule has 0 amide bonds. The molecular formula is C12H22KNO8S.